The lowest BCUT2D eigenvalue weighted by atomic mass is 10.00. The predicted molar refractivity (Wildman–Crippen MR) is 92.5 cm³/mol. The van der Waals surface area contributed by atoms with Crippen LogP contribution in [0.2, 0.25) is 10.0 Å². The second-order valence-corrected chi connectivity index (χ2v) is 8.75. The third kappa shape index (κ3) is 3.54. The predicted octanol–water partition coefficient (Wildman–Crippen LogP) is 3.63. The summed E-state index contributed by atoms with van der Waals surface area (Å²) in [6.07, 6.45) is 2.88. The first-order valence-electron chi connectivity index (χ1n) is 6.16. The van der Waals surface area contributed by atoms with Crippen molar-refractivity contribution in [3.63, 3.8) is 0 Å². The van der Waals surface area contributed by atoms with E-state index in [1.807, 2.05) is 0 Å². The first-order chi connectivity index (χ1) is 9.68. The Morgan fingerprint density at radius 3 is 2.19 bits per heavy atom. The van der Waals surface area contributed by atoms with Crippen LogP contribution in [0.1, 0.15) is 25.7 Å². The van der Waals surface area contributed by atoms with Crippen molar-refractivity contribution in [3.8, 4) is 0 Å². The fraction of sp³-hybridized carbons (Fsp3) is 0.417. The van der Waals surface area contributed by atoms with Gasteiger partial charge >= 0.3 is 0 Å². The summed E-state index contributed by atoms with van der Waals surface area (Å²) in [4.78, 5) is -0.00973. The van der Waals surface area contributed by atoms with Crippen LogP contribution in [0.4, 0.5) is 0 Å². The molecule has 4 nitrogen and oxygen atoms in total. The number of nitrogens with one attached hydrogen (secondary N) is 1. The molecule has 1 saturated carbocycles. The Kier molecular flexibility index (Phi) is 5.23. The highest BCUT2D eigenvalue weighted by Crippen LogP contribution is 2.36. The number of hydrogen-bond donors (Lipinski definition) is 2. The van der Waals surface area contributed by atoms with Gasteiger partial charge in [0.15, 0.2) is 0 Å². The lowest BCUT2D eigenvalue weighted by Gasteiger charge is -2.29. The minimum absolute atomic E-state index is 0.0398. The molecule has 1 aromatic rings. The van der Waals surface area contributed by atoms with Crippen molar-refractivity contribution in [1.29, 1.82) is 0 Å². The fourth-order valence-corrected chi connectivity index (χ4v) is 6.17. The summed E-state index contributed by atoms with van der Waals surface area (Å²) in [6, 6.07) is 2.95. The zero-order valence-electron chi connectivity index (χ0n) is 10.8. The smallest absolute Gasteiger partial charge is 0.244 e. The zero-order chi connectivity index (χ0) is 15.8. The van der Waals surface area contributed by atoms with Gasteiger partial charge in [0.2, 0.25) is 10.0 Å². The van der Waals surface area contributed by atoms with E-state index in [4.69, 9.17) is 41.2 Å². The third-order valence-electron chi connectivity index (χ3n) is 3.49. The summed E-state index contributed by atoms with van der Waals surface area (Å²) < 4.78 is 28.5. The van der Waals surface area contributed by atoms with Crippen molar-refractivity contribution >= 4 is 66.4 Å². The van der Waals surface area contributed by atoms with Crippen molar-refractivity contribution in [2.24, 2.45) is 5.73 Å². The van der Waals surface area contributed by atoms with E-state index in [1.165, 1.54) is 12.1 Å². The van der Waals surface area contributed by atoms with E-state index in [0.717, 1.165) is 12.8 Å². The van der Waals surface area contributed by atoms with Crippen molar-refractivity contribution in [2.75, 3.05) is 0 Å². The number of nitrogens with two attached hydrogens (primary N) is 1. The van der Waals surface area contributed by atoms with E-state index in [2.05, 4.69) is 20.7 Å². The average Bonchev–Trinajstić information content (AvgIpc) is 2.75. The van der Waals surface area contributed by atoms with Crippen LogP contribution in [0.15, 0.2) is 21.5 Å². The molecule has 1 fully saturated rings. The Morgan fingerprint density at radius 2 is 1.76 bits per heavy atom. The van der Waals surface area contributed by atoms with Crippen LogP contribution in [0.5, 0.6) is 0 Å². The Bertz CT molecular complexity index is 665. The van der Waals surface area contributed by atoms with Crippen molar-refractivity contribution in [1.82, 2.24) is 4.72 Å². The van der Waals surface area contributed by atoms with Gasteiger partial charge in [-0.25, -0.2) is 8.42 Å². The number of rotatable bonds is 4. The first-order valence-corrected chi connectivity index (χ1v) is 9.60. The lowest BCUT2D eigenvalue weighted by Crippen LogP contribution is -2.54. The van der Waals surface area contributed by atoms with E-state index in [9.17, 15) is 8.42 Å². The normalized spacial score (nSPS) is 17.9. The monoisotopic (exact) mass is 430 g/mol. The molecule has 1 aliphatic rings. The van der Waals surface area contributed by atoms with Crippen molar-refractivity contribution in [3.05, 3.63) is 26.7 Å². The van der Waals surface area contributed by atoms with Gasteiger partial charge in [-0.3, -0.25) is 0 Å². The number of sulfonamides is 1. The molecule has 0 unspecified atom stereocenters. The van der Waals surface area contributed by atoms with Gasteiger partial charge in [0, 0.05) is 4.47 Å². The molecule has 9 heteroatoms. The molecule has 3 N–H and O–H groups in total. The van der Waals surface area contributed by atoms with Crippen LogP contribution in [0, 0.1) is 0 Å². The Morgan fingerprint density at radius 1 is 1.29 bits per heavy atom. The molecule has 0 amide bonds. The minimum Gasteiger partial charge on any atom is -0.392 e. The molecular formula is C12H13BrCl2N2O2S2. The Balaban J connectivity index is 2.46. The molecule has 0 radical (unpaired) electrons. The highest BCUT2D eigenvalue weighted by molar-refractivity contribution is 9.10. The van der Waals surface area contributed by atoms with Gasteiger partial charge in [0.25, 0.3) is 0 Å². The van der Waals surface area contributed by atoms with Crippen LogP contribution >= 0.6 is 51.3 Å². The number of benzene rings is 1. The lowest BCUT2D eigenvalue weighted by molar-refractivity contribution is 0.503. The Labute approximate surface area is 147 Å². The van der Waals surface area contributed by atoms with E-state index >= 15 is 0 Å². The van der Waals surface area contributed by atoms with Crippen LogP contribution in [-0.4, -0.2) is 18.9 Å². The second kappa shape index (κ2) is 6.29. The van der Waals surface area contributed by atoms with Crippen LogP contribution in [0.25, 0.3) is 0 Å². The van der Waals surface area contributed by atoms with Crippen molar-refractivity contribution < 1.29 is 8.42 Å². The summed E-state index contributed by atoms with van der Waals surface area (Å²) in [6.45, 7) is 0. The van der Waals surface area contributed by atoms with Gasteiger partial charge < -0.3 is 5.73 Å². The molecule has 116 valence electrons. The molecule has 1 aromatic carbocycles. The second-order valence-electron chi connectivity index (χ2n) is 4.96. The van der Waals surface area contributed by atoms with Gasteiger partial charge in [-0.1, -0.05) is 64.2 Å². The molecule has 21 heavy (non-hydrogen) atoms. The number of hydrogen-bond acceptors (Lipinski definition) is 3. The van der Waals surface area contributed by atoms with Gasteiger partial charge in [-0.05, 0) is 25.0 Å². The summed E-state index contributed by atoms with van der Waals surface area (Å²) in [5.74, 6) is 0. The van der Waals surface area contributed by atoms with Crippen LogP contribution < -0.4 is 10.5 Å². The largest absolute Gasteiger partial charge is 0.392 e. The highest BCUT2D eigenvalue weighted by Gasteiger charge is 2.41. The molecule has 0 bridgehead atoms. The van der Waals surface area contributed by atoms with Gasteiger partial charge in [0.1, 0.15) is 4.90 Å². The van der Waals surface area contributed by atoms with Crippen LogP contribution in [0.3, 0.4) is 0 Å². The molecule has 0 aliphatic heterocycles. The molecule has 2 rings (SSSR count). The van der Waals surface area contributed by atoms with Crippen LogP contribution in [-0.2, 0) is 10.0 Å². The maximum atomic E-state index is 12.6. The molecule has 0 saturated heterocycles. The van der Waals surface area contributed by atoms with Crippen molar-refractivity contribution in [2.45, 2.75) is 36.1 Å². The molecule has 0 atom stereocenters. The SMILES string of the molecule is NC(=S)C1(NS(=O)(=O)c2c(Cl)cc(Br)cc2Cl)CCCC1. The summed E-state index contributed by atoms with van der Waals surface area (Å²) in [7, 11) is -3.93. The topological polar surface area (TPSA) is 72.2 Å². The quantitative estimate of drug-likeness (QED) is 0.713. The molecule has 0 aromatic heterocycles. The minimum atomic E-state index is -3.93. The molecule has 0 heterocycles. The molecule has 0 spiro atoms. The third-order valence-corrected chi connectivity index (χ3v) is 6.80. The van der Waals surface area contributed by atoms with E-state index in [1.54, 1.807) is 0 Å². The summed E-state index contributed by atoms with van der Waals surface area (Å²) in [5, 5.41) is 0.0796. The van der Waals surface area contributed by atoms with Gasteiger partial charge in [-0.2, -0.15) is 4.72 Å². The number of halogens is 3. The van der Waals surface area contributed by atoms with E-state index in [0.29, 0.717) is 17.3 Å². The van der Waals surface area contributed by atoms with Gasteiger partial charge in [0.05, 0.1) is 20.6 Å². The van der Waals surface area contributed by atoms with E-state index < -0.39 is 15.6 Å². The van der Waals surface area contributed by atoms with Gasteiger partial charge in [-0.15, -0.1) is 0 Å². The summed E-state index contributed by atoms with van der Waals surface area (Å²) >= 11 is 20.3. The molecule has 1 aliphatic carbocycles. The maximum Gasteiger partial charge on any atom is 0.244 e. The average molecular weight is 432 g/mol. The highest BCUT2D eigenvalue weighted by atomic mass is 79.9. The fourth-order valence-electron chi connectivity index (χ4n) is 2.47. The molecular weight excluding hydrogens is 419 g/mol. The number of thiocarbonyl (C=S) groups is 1. The Hall–Kier alpha value is 0.0800. The summed E-state index contributed by atoms with van der Waals surface area (Å²) in [5.41, 5.74) is 4.85. The first kappa shape index (κ1) is 17.4. The standard InChI is InChI=1S/C12H13BrCl2N2O2S2/c13-7-5-8(14)10(9(15)6-7)21(18,19)17-12(11(16)20)3-1-2-4-12/h5-6,17H,1-4H2,(H2,16,20). The zero-order valence-corrected chi connectivity index (χ0v) is 15.6. The maximum absolute atomic E-state index is 12.6. The van der Waals surface area contributed by atoms with E-state index in [-0.39, 0.29) is 19.9 Å².